The highest BCUT2D eigenvalue weighted by atomic mass is 35.5. The Balaban J connectivity index is 2.96. The van der Waals surface area contributed by atoms with Gasteiger partial charge in [-0.3, -0.25) is 0 Å². The second-order valence-corrected chi connectivity index (χ2v) is 2.89. The summed E-state index contributed by atoms with van der Waals surface area (Å²) in [5.74, 6) is 0.318. The summed E-state index contributed by atoms with van der Waals surface area (Å²) in [6.07, 6.45) is 0. The van der Waals surface area contributed by atoms with Crippen LogP contribution in [0.4, 0.5) is 0 Å². The van der Waals surface area contributed by atoms with Crippen LogP contribution in [0.1, 0.15) is 18.4 Å². The monoisotopic (exact) mass is 153 g/mol. The molecule has 0 saturated carbocycles. The van der Waals surface area contributed by atoms with Crippen molar-refractivity contribution in [3.05, 3.63) is 41.8 Å². The molecule has 0 aliphatic carbocycles. The van der Waals surface area contributed by atoms with Gasteiger partial charge >= 0.3 is 0 Å². The number of rotatable bonds is 1. The quantitative estimate of drug-likeness (QED) is 0.581. The lowest BCUT2D eigenvalue weighted by Crippen LogP contribution is -1.85. The molecule has 1 heteroatoms. The van der Waals surface area contributed by atoms with Crippen molar-refractivity contribution in [2.24, 2.45) is 0 Å². The molecule has 0 amide bonds. The summed E-state index contributed by atoms with van der Waals surface area (Å²) in [6, 6.07) is 7.79. The van der Waals surface area contributed by atoms with Crippen molar-refractivity contribution in [3.8, 4) is 0 Å². The molecule has 0 bridgehead atoms. The molecule has 1 aromatic carbocycles. The number of benzene rings is 1. The van der Waals surface area contributed by atoms with Crippen LogP contribution < -0.4 is 0 Å². The fourth-order valence-electron chi connectivity index (χ4n) is 0.813. The maximum Gasteiger partial charge on any atom is 0.0408 e. The molecule has 1 aromatic rings. The first kappa shape index (κ1) is 7.62. The van der Waals surface area contributed by atoms with E-state index in [-0.39, 0.29) is 0 Å². The second-order valence-electron chi connectivity index (χ2n) is 2.46. The molecule has 0 aliphatic rings. The Labute approximate surface area is 66.8 Å². The third-order valence-electron chi connectivity index (χ3n) is 1.42. The topological polar surface area (TPSA) is 0 Å². The Morgan fingerprint density at radius 2 is 2.20 bits per heavy atom. The first-order valence-electron chi connectivity index (χ1n) is 3.28. The molecular weight excluding hydrogens is 144 g/mol. The average molecular weight is 154 g/mol. The van der Waals surface area contributed by atoms with Crippen molar-refractivity contribution in [2.75, 3.05) is 0 Å². The van der Waals surface area contributed by atoms with Gasteiger partial charge < -0.3 is 0 Å². The van der Waals surface area contributed by atoms with E-state index in [9.17, 15) is 0 Å². The van der Waals surface area contributed by atoms with Crippen LogP contribution in [0.15, 0.2) is 24.3 Å². The van der Waals surface area contributed by atoms with E-state index in [1.807, 2.05) is 31.2 Å². The van der Waals surface area contributed by atoms with Crippen LogP contribution in [0.2, 0.25) is 5.02 Å². The van der Waals surface area contributed by atoms with Gasteiger partial charge in [-0.2, -0.15) is 0 Å². The van der Waals surface area contributed by atoms with E-state index in [1.54, 1.807) is 0 Å². The molecule has 1 rings (SSSR count). The van der Waals surface area contributed by atoms with Crippen molar-refractivity contribution >= 4 is 11.6 Å². The van der Waals surface area contributed by atoms with Crippen molar-refractivity contribution in [3.63, 3.8) is 0 Å². The van der Waals surface area contributed by atoms with Gasteiger partial charge in [-0.05, 0) is 30.5 Å². The number of halogens is 1. The summed E-state index contributed by atoms with van der Waals surface area (Å²) < 4.78 is 0. The van der Waals surface area contributed by atoms with Crippen molar-refractivity contribution in [1.82, 2.24) is 0 Å². The zero-order valence-corrected chi connectivity index (χ0v) is 6.73. The van der Waals surface area contributed by atoms with Gasteiger partial charge in [0.2, 0.25) is 0 Å². The van der Waals surface area contributed by atoms with Crippen molar-refractivity contribution in [2.45, 2.75) is 12.8 Å². The molecule has 0 saturated heterocycles. The fourth-order valence-corrected chi connectivity index (χ4v) is 1.01. The van der Waals surface area contributed by atoms with Gasteiger partial charge in [0.05, 0.1) is 0 Å². The fraction of sp³-hybridized carbons (Fsp3) is 0.222. The molecule has 1 radical (unpaired) electrons. The average Bonchev–Trinajstić information content (AvgIpc) is 1.88. The van der Waals surface area contributed by atoms with Crippen molar-refractivity contribution < 1.29 is 0 Å². The Hall–Kier alpha value is -0.490. The highest BCUT2D eigenvalue weighted by Crippen LogP contribution is 2.17. The lowest BCUT2D eigenvalue weighted by atomic mass is 10.0. The Morgan fingerprint density at radius 3 is 2.60 bits per heavy atom. The Bertz CT molecular complexity index is 216. The molecular formula is C9H10Cl. The van der Waals surface area contributed by atoms with Gasteiger partial charge in [-0.25, -0.2) is 0 Å². The number of hydrogen-bond donors (Lipinski definition) is 0. The first-order chi connectivity index (χ1) is 4.70. The highest BCUT2D eigenvalue weighted by molar-refractivity contribution is 6.30. The number of hydrogen-bond acceptors (Lipinski definition) is 0. The molecule has 0 nitrogen and oxygen atoms in total. The molecule has 53 valence electrons. The minimum atomic E-state index is 0.318. The minimum Gasteiger partial charge on any atom is -0.0843 e. The molecule has 1 unspecified atom stereocenters. The smallest absolute Gasteiger partial charge is 0.0408 e. The molecule has 0 aromatic heterocycles. The second kappa shape index (κ2) is 3.07. The predicted molar refractivity (Wildman–Crippen MR) is 45.2 cm³/mol. The summed E-state index contributed by atoms with van der Waals surface area (Å²) >= 11 is 5.76. The Morgan fingerprint density at radius 1 is 1.50 bits per heavy atom. The SMILES string of the molecule is [CH2]C(C)c1cccc(Cl)c1. The third kappa shape index (κ3) is 1.74. The zero-order valence-electron chi connectivity index (χ0n) is 5.97. The van der Waals surface area contributed by atoms with Crippen LogP contribution >= 0.6 is 11.6 Å². The minimum absolute atomic E-state index is 0.318. The van der Waals surface area contributed by atoms with Gasteiger partial charge in [0, 0.05) is 5.02 Å². The van der Waals surface area contributed by atoms with E-state index in [1.165, 1.54) is 5.56 Å². The third-order valence-corrected chi connectivity index (χ3v) is 1.65. The summed E-state index contributed by atoms with van der Waals surface area (Å²) in [5.41, 5.74) is 1.19. The van der Waals surface area contributed by atoms with Gasteiger partial charge in [-0.15, -0.1) is 0 Å². The van der Waals surface area contributed by atoms with Crippen LogP contribution in [0.5, 0.6) is 0 Å². The molecule has 0 spiro atoms. The highest BCUT2D eigenvalue weighted by Gasteiger charge is 1.97. The zero-order chi connectivity index (χ0) is 7.56. The van der Waals surface area contributed by atoms with E-state index in [4.69, 9.17) is 11.6 Å². The summed E-state index contributed by atoms with van der Waals surface area (Å²) in [7, 11) is 0. The van der Waals surface area contributed by atoms with E-state index in [2.05, 4.69) is 6.92 Å². The normalized spacial score (nSPS) is 10.4. The molecule has 10 heavy (non-hydrogen) atoms. The maximum absolute atomic E-state index is 5.76. The lowest BCUT2D eigenvalue weighted by molar-refractivity contribution is 0.964. The Kier molecular flexibility index (Phi) is 2.34. The molecule has 1 atom stereocenters. The maximum atomic E-state index is 5.76. The standard InChI is InChI=1S/C9H10Cl/c1-7(2)8-4-3-5-9(10)6-8/h3-7H,1H2,2H3. The van der Waals surface area contributed by atoms with Gasteiger partial charge in [0.15, 0.2) is 0 Å². The van der Waals surface area contributed by atoms with Crippen LogP contribution in [-0.2, 0) is 0 Å². The van der Waals surface area contributed by atoms with E-state index in [0.29, 0.717) is 5.92 Å². The first-order valence-corrected chi connectivity index (χ1v) is 3.66. The molecule has 0 fully saturated rings. The van der Waals surface area contributed by atoms with Gasteiger partial charge in [0.1, 0.15) is 0 Å². The van der Waals surface area contributed by atoms with Gasteiger partial charge in [-0.1, -0.05) is 30.7 Å². The van der Waals surface area contributed by atoms with Crippen LogP contribution in [-0.4, -0.2) is 0 Å². The van der Waals surface area contributed by atoms with Crippen molar-refractivity contribution in [1.29, 1.82) is 0 Å². The van der Waals surface area contributed by atoms with E-state index in [0.717, 1.165) is 5.02 Å². The van der Waals surface area contributed by atoms with E-state index >= 15 is 0 Å². The predicted octanol–water partition coefficient (Wildman–Crippen LogP) is 3.28. The van der Waals surface area contributed by atoms with E-state index < -0.39 is 0 Å². The summed E-state index contributed by atoms with van der Waals surface area (Å²) in [6.45, 7) is 5.94. The van der Waals surface area contributed by atoms with Gasteiger partial charge in [0.25, 0.3) is 0 Å². The van der Waals surface area contributed by atoms with Crippen LogP contribution in [0.3, 0.4) is 0 Å². The summed E-state index contributed by atoms with van der Waals surface area (Å²) in [4.78, 5) is 0. The van der Waals surface area contributed by atoms with Crippen LogP contribution in [0, 0.1) is 6.92 Å². The largest absolute Gasteiger partial charge is 0.0843 e. The summed E-state index contributed by atoms with van der Waals surface area (Å²) in [5, 5.41) is 0.785. The molecule has 0 heterocycles. The lowest BCUT2D eigenvalue weighted by Gasteiger charge is -2.03. The molecule has 0 aliphatic heterocycles. The molecule has 0 N–H and O–H groups in total. The van der Waals surface area contributed by atoms with Crippen LogP contribution in [0.25, 0.3) is 0 Å².